The topological polar surface area (TPSA) is 21.3 Å². The first kappa shape index (κ1) is 28.3. The Morgan fingerprint density at radius 2 is 1.14 bits per heavy atom. The Morgan fingerprint density at radius 3 is 1.90 bits per heavy atom. The third-order valence-corrected chi connectivity index (χ3v) is 10.9. The summed E-state index contributed by atoms with van der Waals surface area (Å²) in [7, 11) is 0. The summed E-state index contributed by atoms with van der Waals surface area (Å²) in [6, 6.07) is 61.3. The molecule has 0 N–H and O–H groups in total. The van der Waals surface area contributed by atoms with Crippen molar-refractivity contribution in [3.05, 3.63) is 187 Å². The Hall–Kier alpha value is -6.58. The lowest BCUT2D eigenvalue weighted by molar-refractivity contribution is 0.669. The smallest absolute Gasteiger partial charge is 0.136 e. The average Bonchev–Trinajstić information content (AvgIpc) is 3.85. The van der Waals surface area contributed by atoms with Gasteiger partial charge in [-0.15, -0.1) is 0 Å². The second-order valence-corrected chi connectivity index (χ2v) is 13.7. The number of anilines is 2. The van der Waals surface area contributed by atoms with Gasteiger partial charge in [0.25, 0.3) is 0 Å². The van der Waals surface area contributed by atoms with Gasteiger partial charge in [0.1, 0.15) is 11.2 Å². The monoisotopic (exact) mass is 652 g/mol. The highest BCUT2D eigenvalue weighted by Gasteiger charge is 2.41. The minimum Gasteiger partial charge on any atom is -0.456 e. The molecule has 0 spiro atoms. The van der Waals surface area contributed by atoms with E-state index in [1.54, 1.807) is 0 Å². The van der Waals surface area contributed by atoms with E-state index in [9.17, 15) is 0 Å². The molecule has 1 aliphatic carbocycles. The highest BCUT2D eigenvalue weighted by Crippen LogP contribution is 2.54. The van der Waals surface area contributed by atoms with Crippen molar-refractivity contribution >= 4 is 55.9 Å². The fourth-order valence-corrected chi connectivity index (χ4v) is 8.70. The standard InChI is InChI=1S/C48H32N2O/c1-3-13-31(14-4-1)33-17-11-19-35(27-33)49-41-23-9-7-21-37(41)39-29-40-44(30-43(39)49)50(36-20-12-18-34(28-36)32-15-5-2-6-16-32)42-25-26-46-48(47(40)42)38-22-8-10-24-45(38)51-46/h1-29,44H,30H2. The highest BCUT2D eigenvalue weighted by atomic mass is 16.3. The van der Waals surface area contributed by atoms with Gasteiger partial charge in [-0.3, -0.25) is 0 Å². The number of furan rings is 1. The molecule has 2 aromatic heterocycles. The maximum absolute atomic E-state index is 6.47. The Balaban J connectivity index is 1.17. The minimum atomic E-state index is 0.0955. The molecule has 0 saturated heterocycles. The molecular formula is C48H32N2O. The van der Waals surface area contributed by atoms with E-state index in [2.05, 4.69) is 185 Å². The van der Waals surface area contributed by atoms with Crippen LogP contribution in [0.4, 0.5) is 11.4 Å². The Labute approximate surface area is 295 Å². The fourth-order valence-electron chi connectivity index (χ4n) is 8.70. The van der Waals surface area contributed by atoms with Crippen molar-refractivity contribution in [3.8, 4) is 27.9 Å². The normalized spacial score (nSPS) is 14.9. The average molecular weight is 653 g/mol. The summed E-state index contributed by atoms with van der Waals surface area (Å²) in [5.41, 5.74) is 16.8. The van der Waals surface area contributed by atoms with Crippen LogP contribution in [-0.4, -0.2) is 10.6 Å². The van der Waals surface area contributed by atoms with Gasteiger partial charge < -0.3 is 13.9 Å². The van der Waals surface area contributed by atoms with Gasteiger partial charge in [-0.1, -0.05) is 121 Å². The molecule has 9 aromatic rings. The molecule has 2 aliphatic rings. The van der Waals surface area contributed by atoms with Crippen LogP contribution < -0.4 is 4.90 Å². The van der Waals surface area contributed by atoms with E-state index >= 15 is 0 Å². The molecule has 51 heavy (non-hydrogen) atoms. The molecule has 1 atom stereocenters. The molecule has 0 bridgehead atoms. The largest absolute Gasteiger partial charge is 0.456 e. The van der Waals surface area contributed by atoms with Gasteiger partial charge in [-0.2, -0.15) is 0 Å². The summed E-state index contributed by atoms with van der Waals surface area (Å²) in [5, 5.41) is 3.64. The number of rotatable bonds is 4. The lowest BCUT2D eigenvalue weighted by atomic mass is 9.88. The van der Waals surface area contributed by atoms with Gasteiger partial charge >= 0.3 is 0 Å². The minimum absolute atomic E-state index is 0.0955. The Bertz CT molecular complexity index is 2840. The second-order valence-electron chi connectivity index (χ2n) is 13.7. The predicted molar refractivity (Wildman–Crippen MR) is 212 cm³/mol. The van der Waals surface area contributed by atoms with Gasteiger partial charge in [0.15, 0.2) is 0 Å². The van der Waals surface area contributed by atoms with Gasteiger partial charge in [0, 0.05) is 50.8 Å². The maximum atomic E-state index is 6.47. The molecule has 11 rings (SSSR count). The molecule has 240 valence electrons. The van der Waals surface area contributed by atoms with E-state index in [0.717, 1.165) is 23.0 Å². The molecule has 3 heteroatoms. The van der Waals surface area contributed by atoms with E-state index in [1.165, 1.54) is 78.0 Å². The third-order valence-electron chi connectivity index (χ3n) is 10.9. The number of aromatic nitrogens is 1. The lowest BCUT2D eigenvalue weighted by Crippen LogP contribution is -2.31. The van der Waals surface area contributed by atoms with E-state index in [0.29, 0.717) is 0 Å². The third kappa shape index (κ3) is 4.25. The first-order valence-corrected chi connectivity index (χ1v) is 17.7. The van der Waals surface area contributed by atoms with Crippen LogP contribution in [0.5, 0.6) is 0 Å². The van der Waals surface area contributed by atoms with E-state index < -0.39 is 0 Å². The van der Waals surface area contributed by atoms with Crippen molar-refractivity contribution in [2.75, 3.05) is 4.90 Å². The summed E-state index contributed by atoms with van der Waals surface area (Å²) in [6.07, 6.45) is 3.34. The summed E-state index contributed by atoms with van der Waals surface area (Å²) >= 11 is 0. The molecule has 3 heterocycles. The van der Waals surface area contributed by atoms with Gasteiger partial charge in [-0.25, -0.2) is 0 Å². The highest BCUT2D eigenvalue weighted by molar-refractivity contribution is 6.18. The molecule has 0 radical (unpaired) electrons. The molecule has 7 aromatic carbocycles. The predicted octanol–water partition coefficient (Wildman–Crippen LogP) is 12.5. The Morgan fingerprint density at radius 1 is 0.510 bits per heavy atom. The van der Waals surface area contributed by atoms with Crippen molar-refractivity contribution in [2.45, 2.75) is 12.5 Å². The van der Waals surface area contributed by atoms with Crippen LogP contribution in [0.1, 0.15) is 16.8 Å². The van der Waals surface area contributed by atoms with E-state index in [-0.39, 0.29) is 6.04 Å². The van der Waals surface area contributed by atoms with Crippen molar-refractivity contribution in [2.24, 2.45) is 0 Å². The number of hydrogen-bond donors (Lipinski definition) is 0. The maximum Gasteiger partial charge on any atom is 0.136 e. The van der Waals surface area contributed by atoms with Crippen LogP contribution in [-0.2, 0) is 6.42 Å². The zero-order chi connectivity index (χ0) is 33.5. The van der Waals surface area contributed by atoms with Crippen LogP contribution in [0.3, 0.4) is 0 Å². The first-order valence-electron chi connectivity index (χ1n) is 17.7. The molecular weight excluding hydrogens is 621 g/mol. The second kappa shape index (κ2) is 11.0. The molecule has 3 nitrogen and oxygen atoms in total. The van der Waals surface area contributed by atoms with Crippen LogP contribution in [0, 0.1) is 0 Å². The van der Waals surface area contributed by atoms with Gasteiger partial charge in [-0.05, 0) is 82.4 Å². The number of fused-ring (bicyclic) bond motifs is 10. The number of hydrogen-bond acceptors (Lipinski definition) is 2. The van der Waals surface area contributed by atoms with Crippen molar-refractivity contribution in [1.29, 1.82) is 0 Å². The summed E-state index contributed by atoms with van der Waals surface area (Å²) in [4.78, 5) is 2.58. The lowest BCUT2D eigenvalue weighted by Gasteiger charge is -2.31. The zero-order valence-electron chi connectivity index (χ0n) is 27.8. The van der Waals surface area contributed by atoms with Gasteiger partial charge in [0.05, 0.1) is 17.2 Å². The molecule has 0 fully saturated rings. The molecule has 0 saturated carbocycles. The summed E-state index contributed by atoms with van der Waals surface area (Å²) < 4.78 is 8.98. The number of para-hydroxylation sites is 2. The SMILES string of the molecule is C1=C2c3c(ccc4oc5ccccc5c34)N(c3cccc(-c4ccccc4)c3)C2Cc2c1c1ccccc1n2-c1cccc(-c2ccccc2)c1. The Kier molecular flexibility index (Phi) is 6.08. The van der Waals surface area contributed by atoms with Crippen LogP contribution >= 0.6 is 0 Å². The van der Waals surface area contributed by atoms with E-state index in [1.807, 2.05) is 0 Å². The first-order chi connectivity index (χ1) is 25.3. The van der Waals surface area contributed by atoms with Crippen LogP contribution in [0.15, 0.2) is 174 Å². The molecule has 1 aliphatic heterocycles. The quantitative estimate of drug-likeness (QED) is 0.189. The molecule has 0 amide bonds. The zero-order valence-corrected chi connectivity index (χ0v) is 27.8. The van der Waals surface area contributed by atoms with Gasteiger partial charge in [0.2, 0.25) is 0 Å². The number of benzene rings is 7. The van der Waals surface area contributed by atoms with Crippen molar-refractivity contribution in [3.63, 3.8) is 0 Å². The van der Waals surface area contributed by atoms with Crippen molar-refractivity contribution in [1.82, 2.24) is 4.57 Å². The fraction of sp³-hybridized carbons (Fsp3) is 0.0417. The van der Waals surface area contributed by atoms with Crippen LogP contribution in [0.25, 0.3) is 72.4 Å². The number of nitrogens with zero attached hydrogens (tertiary/aromatic N) is 2. The van der Waals surface area contributed by atoms with Crippen LogP contribution in [0.2, 0.25) is 0 Å². The van der Waals surface area contributed by atoms with Crippen molar-refractivity contribution < 1.29 is 4.42 Å². The summed E-state index contributed by atoms with van der Waals surface area (Å²) in [5.74, 6) is 0. The molecule has 1 unspecified atom stereocenters. The van der Waals surface area contributed by atoms with E-state index in [4.69, 9.17) is 4.42 Å². The summed E-state index contributed by atoms with van der Waals surface area (Å²) in [6.45, 7) is 0.